The Bertz CT molecular complexity index is 1430. The van der Waals surface area contributed by atoms with Crippen molar-refractivity contribution in [2.45, 2.75) is 57.1 Å². The minimum Gasteiger partial charge on any atom is -0.478 e. The molecule has 1 aromatic carbocycles. The zero-order valence-corrected chi connectivity index (χ0v) is 22.8. The number of benzene rings is 1. The zero-order chi connectivity index (χ0) is 29.8. The lowest BCUT2D eigenvalue weighted by molar-refractivity contribution is -0.147. The number of aromatic carboxylic acids is 1. The minimum atomic E-state index is -1.39. The average molecular weight is 584 g/mol. The number of anilines is 1. The number of nitrogens with two attached hydrogens (primary N) is 1. The molecule has 2 aliphatic rings. The van der Waals surface area contributed by atoms with Gasteiger partial charge in [-0.05, 0) is 55.9 Å². The molecule has 1 aliphatic heterocycles. The van der Waals surface area contributed by atoms with Gasteiger partial charge in [0.05, 0.1) is 18.5 Å². The topological polar surface area (TPSA) is 215 Å². The largest absolute Gasteiger partial charge is 0.478 e. The Kier molecular flexibility index (Phi) is 8.80. The van der Waals surface area contributed by atoms with Crippen LogP contribution in [0.4, 0.5) is 10.6 Å². The highest BCUT2D eigenvalue weighted by Gasteiger charge is 2.32. The van der Waals surface area contributed by atoms with Crippen LogP contribution in [0.15, 0.2) is 30.6 Å². The molecule has 1 saturated heterocycles. The van der Waals surface area contributed by atoms with Crippen LogP contribution in [-0.2, 0) is 22.7 Å². The van der Waals surface area contributed by atoms with E-state index in [2.05, 4.69) is 20.3 Å². The Hall–Kier alpha value is -4.34. The minimum absolute atomic E-state index is 0.0639. The second-order valence-corrected chi connectivity index (χ2v) is 10.5. The fourth-order valence-electron chi connectivity index (χ4n) is 4.74. The molecule has 15 heteroatoms. The Morgan fingerprint density at radius 1 is 1.10 bits per heavy atom. The first-order valence-electron chi connectivity index (χ1n) is 13.7. The molecule has 224 valence electrons. The summed E-state index contributed by atoms with van der Waals surface area (Å²) in [5, 5.41) is 31.3. The Labute approximate surface area is 240 Å². The van der Waals surface area contributed by atoms with Crippen LogP contribution in [-0.4, -0.2) is 95.7 Å². The van der Waals surface area contributed by atoms with E-state index in [1.807, 2.05) is 0 Å². The third-order valence-corrected chi connectivity index (χ3v) is 7.30. The molecule has 2 aromatic heterocycles. The number of piperidine rings is 1. The van der Waals surface area contributed by atoms with Crippen LogP contribution in [0.1, 0.15) is 41.9 Å². The van der Waals surface area contributed by atoms with Gasteiger partial charge in [-0.1, -0.05) is 0 Å². The van der Waals surface area contributed by atoms with Gasteiger partial charge >= 0.3 is 12.1 Å². The second-order valence-electron chi connectivity index (χ2n) is 10.5. The first-order valence-corrected chi connectivity index (χ1v) is 13.7. The molecule has 3 aromatic rings. The molecule has 1 unspecified atom stereocenters. The van der Waals surface area contributed by atoms with Crippen LogP contribution in [0.25, 0.3) is 11.2 Å². The summed E-state index contributed by atoms with van der Waals surface area (Å²) < 4.78 is 12.6. The first kappa shape index (κ1) is 29.2. The number of fused-ring (bicyclic) bond motifs is 1. The van der Waals surface area contributed by atoms with E-state index in [0.29, 0.717) is 49.3 Å². The highest BCUT2D eigenvalue weighted by atomic mass is 16.6. The number of carbonyl (C=O) groups is 3. The number of ether oxygens (including phenoxy) is 2. The molecule has 0 bridgehead atoms. The van der Waals surface area contributed by atoms with E-state index in [0.717, 1.165) is 12.8 Å². The Morgan fingerprint density at radius 3 is 2.45 bits per heavy atom. The molecule has 1 aliphatic carbocycles. The maximum Gasteiger partial charge on any atom is 0.415 e. The lowest BCUT2D eigenvalue weighted by Crippen LogP contribution is -2.46. The summed E-state index contributed by atoms with van der Waals surface area (Å²) in [5.41, 5.74) is 7.05. The van der Waals surface area contributed by atoms with Crippen molar-refractivity contribution in [3.05, 3.63) is 42.0 Å². The number of likely N-dealkylation sites (tertiary alicyclic amines) is 1. The van der Waals surface area contributed by atoms with Gasteiger partial charge in [-0.3, -0.25) is 9.36 Å². The molecule has 0 spiro atoms. The molecular weight excluding hydrogens is 550 g/mol. The summed E-state index contributed by atoms with van der Waals surface area (Å²) in [6.45, 7) is 0.143. The average Bonchev–Trinajstić information content (AvgIpc) is 3.70. The van der Waals surface area contributed by atoms with Crippen LogP contribution in [0.2, 0.25) is 0 Å². The summed E-state index contributed by atoms with van der Waals surface area (Å²) in [6.07, 6.45) is 1.92. The van der Waals surface area contributed by atoms with Gasteiger partial charge in [0.1, 0.15) is 29.9 Å². The van der Waals surface area contributed by atoms with Crippen molar-refractivity contribution in [1.82, 2.24) is 29.7 Å². The predicted octanol–water partition coefficient (Wildman–Crippen LogP) is 0.535. The SMILES string of the molecule is Nc1nc(CC2CCN(C(=O)Oc3ccc(C(=O)O)cc3)CC2)nc2c1ncn2CO[C@H](C(=O)NC1CC1)C(O)CO. The molecule has 3 heterocycles. The van der Waals surface area contributed by atoms with Gasteiger partial charge in [-0.25, -0.2) is 24.5 Å². The molecule has 2 fully saturated rings. The number of amides is 2. The highest BCUT2D eigenvalue weighted by molar-refractivity contribution is 5.87. The molecule has 1 saturated carbocycles. The molecule has 6 N–H and O–H groups in total. The summed E-state index contributed by atoms with van der Waals surface area (Å²) in [7, 11) is 0. The Morgan fingerprint density at radius 2 is 1.81 bits per heavy atom. The van der Waals surface area contributed by atoms with Crippen molar-refractivity contribution >= 4 is 35.0 Å². The van der Waals surface area contributed by atoms with Gasteiger partial charge in [-0.15, -0.1) is 0 Å². The van der Waals surface area contributed by atoms with E-state index >= 15 is 0 Å². The van der Waals surface area contributed by atoms with Gasteiger partial charge in [0, 0.05) is 25.6 Å². The van der Waals surface area contributed by atoms with E-state index in [4.69, 9.17) is 20.3 Å². The summed E-state index contributed by atoms with van der Waals surface area (Å²) >= 11 is 0. The van der Waals surface area contributed by atoms with Crippen LogP contribution in [0.3, 0.4) is 0 Å². The number of hydrogen-bond acceptors (Lipinski definition) is 11. The third kappa shape index (κ3) is 6.92. The Balaban J connectivity index is 1.18. The maximum atomic E-state index is 12.6. The number of aliphatic hydroxyl groups excluding tert-OH is 2. The number of carbonyl (C=O) groups excluding carboxylic acids is 2. The predicted molar refractivity (Wildman–Crippen MR) is 146 cm³/mol. The number of nitrogen functional groups attached to an aromatic ring is 1. The van der Waals surface area contributed by atoms with E-state index in [-0.39, 0.29) is 35.8 Å². The lowest BCUT2D eigenvalue weighted by Gasteiger charge is -2.31. The number of hydrogen-bond donors (Lipinski definition) is 5. The van der Waals surface area contributed by atoms with Gasteiger partial charge in [0.2, 0.25) is 0 Å². The summed E-state index contributed by atoms with van der Waals surface area (Å²) in [4.78, 5) is 51.0. The molecule has 2 amide bonds. The second kappa shape index (κ2) is 12.7. The van der Waals surface area contributed by atoms with Crippen LogP contribution in [0.5, 0.6) is 5.75 Å². The molecule has 2 atom stereocenters. The summed E-state index contributed by atoms with van der Waals surface area (Å²) in [5.74, 6) is -0.405. The van der Waals surface area contributed by atoms with Gasteiger partial charge in [0.25, 0.3) is 5.91 Å². The first-order chi connectivity index (χ1) is 20.2. The number of nitrogens with one attached hydrogen (secondary N) is 1. The molecule has 42 heavy (non-hydrogen) atoms. The fraction of sp³-hybridized carbons (Fsp3) is 0.481. The van der Waals surface area contributed by atoms with Crippen molar-refractivity contribution < 1.29 is 39.2 Å². The van der Waals surface area contributed by atoms with Crippen LogP contribution < -0.4 is 15.8 Å². The van der Waals surface area contributed by atoms with Crippen LogP contribution in [0, 0.1) is 5.92 Å². The van der Waals surface area contributed by atoms with E-state index < -0.39 is 36.8 Å². The molecule has 5 rings (SSSR count). The van der Waals surface area contributed by atoms with Crippen molar-refractivity contribution in [1.29, 1.82) is 0 Å². The number of carboxylic acid groups (broad SMARTS) is 1. The fourth-order valence-corrected chi connectivity index (χ4v) is 4.74. The van der Waals surface area contributed by atoms with Crippen molar-refractivity contribution in [2.24, 2.45) is 5.92 Å². The number of nitrogens with zero attached hydrogens (tertiary/aromatic N) is 5. The van der Waals surface area contributed by atoms with E-state index in [1.54, 1.807) is 9.47 Å². The molecule has 15 nitrogen and oxygen atoms in total. The van der Waals surface area contributed by atoms with Gasteiger partial charge in [0.15, 0.2) is 17.6 Å². The molecular formula is C27H33N7O8. The maximum absolute atomic E-state index is 12.6. The quantitative estimate of drug-likeness (QED) is 0.209. The standard InChI is InChI=1S/C27H33N7O8/c28-23-21-24(34(13-29-21)14-41-22(19(36)12-35)25(37)30-17-3-4-17)32-20(31-23)11-15-7-9-33(10-8-15)27(40)42-18-5-1-16(2-6-18)26(38)39/h1-2,5-6,13,15,17,19,22,35-36H,3-4,7-12,14H2,(H,30,37)(H,38,39)(H2,28,31,32)/t19?,22-/m0/s1. The monoisotopic (exact) mass is 583 g/mol. The van der Waals surface area contributed by atoms with Crippen LogP contribution >= 0.6 is 0 Å². The van der Waals surface area contributed by atoms with E-state index in [1.165, 1.54) is 30.6 Å². The van der Waals surface area contributed by atoms with Crippen molar-refractivity contribution in [3.63, 3.8) is 0 Å². The summed E-state index contributed by atoms with van der Waals surface area (Å²) in [6, 6.07) is 5.70. The van der Waals surface area contributed by atoms with Gasteiger partial charge < -0.3 is 40.7 Å². The number of rotatable bonds is 11. The van der Waals surface area contributed by atoms with E-state index in [9.17, 15) is 24.6 Å². The molecule has 0 radical (unpaired) electrons. The van der Waals surface area contributed by atoms with Crippen molar-refractivity contribution in [3.8, 4) is 5.75 Å². The number of aliphatic hydroxyl groups is 2. The van der Waals surface area contributed by atoms with Crippen molar-refractivity contribution in [2.75, 3.05) is 25.4 Å². The number of aromatic nitrogens is 4. The highest BCUT2D eigenvalue weighted by Crippen LogP contribution is 2.25. The smallest absolute Gasteiger partial charge is 0.415 e. The third-order valence-electron chi connectivity index (χ3n) is 7.30. The number of imidazole rings is 1. The normalized spacial score (nSPS) is 17.1. The van der Waals surface area contributed by atoms with Gasteiger partial charge in [-0.2, -0.15) is 0 Å². The zero-order valence-electron chi connectivity index (χ0n) is 22.8. The lowest BCUT2D eigenvalue weighted by atomic mass is 9.93. The number of carboxylic acids is 1.